The summed E-state index contributed by atoms with van der Waals surface area (Å²) in [5.74, 6) is 0.0336. The fourth-order valence-corrected chi connectivity index (χ4v) is 6.00. The lowest BCUT2D eigenvalue weighted by molar-refractivity contribution is 0.0615. The first-order chi connectivity index (χ1) is 16.7. The minimum atomic E-state index is -0.200. The molecule has 0 bridgehead atoms. The molecular formula is C30H35N3O. The predicted molar refractivity (Wildman–Crippen MR) is 138 cm³/mol. The molecule has 1 atom stereocenters. The van der Waals surface area contributed by atoms with E-state index in [4.69, 9.17) is 0 Å². The van der Waals surface area contributed by atoms with Crippen LogP contribution in [0.5, 0.6) is 0 Å². The summed E-state index contributed by atoms with van der Waals surface area (Å²) in [6.07, 6.45) is 11.4. The molecule has 176 valence electrons. The lowest BCUT2D eigenvalue weighted by atomic mass is 9.75. The van der Waals surface area contributed by atoms with Gasteiger partial charge in [-0.1, -0.05) is 67.8 Å². The number of hydrogen-bond donors (Lipinski definition) is 1. The molecule has 0 spiro atoms. The third-order valence-electron chi connectivity index (χ3n) is 8.06. The third-order valence-corrected chi connectivity index (χ3v) is 8.06. The first-order valence-electron chi connectivity index (χ1n) is 12.8. The van der Waals surface area contributed by atoms with Gasteiger partial charge in [-0.2, -0.15) is 0 Å². The Hall–Kier alpha value is -2.98. The Morgan fingerprint density at radius 2 is 1.59 bits per heavy atom. The van der Waals surface area contributed by atoms with Crippen molar-refractivity contribution in [2.45, 2.75) is 63.5 Å². The number of nitrogens with zero attached hydrogens (tertiary/aromatic N) is 2. The van der Waals surface area contributed by atoms with Gasteiger partial charge in [0.25, 0.3) is 5.91 Å². The Balaban J connectivity index is 1.40. The van der Waals surface area contributed by atoms with E-state index in [1.54, 1.807) is 6.20 Å². The van der Waals surface area contributed by atoms with Crippen LogP contribution in [0.3, 0.4) is 0 Å². The maximum atomic E-state index is 13.8. The molecule has 1 amide bonds. The van der Waals surface area contributed by atoms with E-state index in [1.165, 1.54) is 30.4 Å². The van der Waals surface area contributed by atoms with Gasteiger partial charge in [-0.15, -0.1) is 0 Å². The Kier molecular flexibility index (Phi) is 6.77. The van der Waals surface area contributed by atoms with Crippen LogP contribution in [0.1, 0.15) is 60.5 Å². The zero-order valence-electron chi connectivity index (χ0n) is 20.2. The highest BCUT2D eigenvalue weighted by molar-refractivity contribution is 6.01. The normalized spacial score (nSPS) is 19.0. The average molecular weight is 454 g/mol. The van der Waals surface area contributed by atoms with E-state index in [1.807, 2.05) is 42.6 Å². The van der Waals surface area contributed by atoms with Gasteiger partial charge in [-0.05, 0) is 61.4 Å². The molecule has 0 radical (unpaired) electrons. The highest BCUT2D eigenvalue weighted by atomic mass is 16.1. The van der Waals surface area contributed by atoms with Crippen LogP contribution in [0, 0.1) is 0 Å². The van der Waals surface area contributed by atoms with Crippen LogP contribution >= 0.6 is 0 Å². The number of aromatic nitrogens is 1. The van der Waals surface area contributed by atoms with Crippen molar-refractivity contribution < 1.29 is 4.79 Å². The Bertz CT molecular complexity index is 1090. The van der Waals surface area contributed by atoms with Crippen molar-refractivity contribution >= 4 is 5.91 Å². The fourth-order valence-electron chi connectivity index (χ4n) is 6.00. The minimum absolute atomic E-state index is 0.0336. The lowest BCUT2D eigenvalue weighted by Crippen LogP contribution is -2.62. The predicted octanol–water partition coefficient (Wildman–Crippen LogP) is 5.67. The van der Waals surface area contributed by atoms with E-state index >= 15 is 0 Å². The molecule has 2 aliphatic rings. The Labute approximate surface area is 203 Å². The highest BCUT2D eigenvalue weighted by Crippen LogP contribution is 2.35. The van der Waals surface area contributed by atoms with Crippen molar-refractivity contribution in [1.29, 1.82) is 0 Å². The summed E-state index contributed by atoms with van der Waals surface area (Å²) in [6.45, 7) is 4.43. The second kappa shape index (κ2) is 10.1. The van der Waals surface area contributed by atoms with Crippen molar-refractivity contribution in [3.05, 3.63) is 89.7 Å². The van der Waals surface area contributed by atoms with Gasteiger partial charge in [-0.25, -0.2) is 0 Å². The molecule has 1 N–H and O–H groups in total. The molecule has 5 rings (SSSR count). The van der Waals surface area contributed by atoms with Gasteiger partial charge in [0, 0.05) is 42.7 Å². The summed E-state index contributed by atoms with van der Waals surface area (Å²) in [5, 5.41) is 3.60. The van der Waals surface area contributed by atoms with Gasteiger partial charge in [0.2, 0.25) is 0 Å². The van der Waals surface area contributed by atoms with E-state index in [0.29, 0.717) is 0 Å². The van der Waals surface area contributed by atoms with E-state index in [-0.39, 0.29) is 17.5 Å². The van der Waals surface area contributed by atoms with Crippen LogP contribution in [-0.4, -0.2) is 40.5 Å². The fraction of sp³-hybridized carbons (Fsp3) is 0.400. The summed E-state index contributed by atoms with van der Waals surface area (Å²) < 4.78 is 0. The molecule has 4 nitrogen and oxygen atoms in total. The molecular weight excluding hydrogens is 418 g/mol. The standard InChI is InChI=1S/C30H35N3O/c1-23(33-20-15-24-10-3-4-11-25(24)16-21-33)30(17-7-2-8-18-30)32-29(34)28-14-6-5-13-27(28)26-12-9-19-31-22-26/h3-6,9-14,19,22-23H,2,7-8,15-18,20-21H2,1H3,(H,32,34). The Morgan fingerprint density at radius 3 is 2.26 bits per heavy atom. The lowest BCUT2D eigenvalue weighted by Gasteiger charge is -2.47. The topological polar surface area (TPSA) is 45.2 Å². The minimum Gasteiger partial charge on any atom is -0.345 e. The van der Waals surface area contributed by atoms with Gasteiger partial charge in [0.05, 0.1) is 5.54 Å². The number of carbonyl (C=O) groups excluding carboxylic acids is 1. The van der Waals surface area contributed by atoms with E-state index < -0.39 is 0 Å². The smallest absolute Gasteiger partial charge is 0.252 e. The van der Waals surface area contributed by atoms with E-state index in [0.717, 1.165) is 55.5 Å². The van der Waals surface area contributed by atoms with Gasteiger partial charge in [-0.3, -0.25) is 14.7 Å². The maximum absolute atomic E-state index is 13.8. The van der Waals surface area contributed by atoms with Crippen LogP contribution in [0.15, 0.2) is 73.1 Å². The number of hydrogen-bond acceptors (Lipinski definition) is 3. The van der Waals surface area contributed by atoms with Crippen LogP contribution in [0.4, 0.5) is 0 Å². The zero-order chi connectivity index (χ0) is 23.4. The zero-order valence-corrected chi connectivity index (χ0v) is 20.2. The Morgan fingerprint density at radius 1 is 0.912 bits per heavy atom. The van der Waals surface area contributed by atoms with Crippen molar-refractivity contribution in [3.63, 3.8) is 0 Å². The molecule has 1 saturated carbocycles. The number of carbonyl (C=O) groups is 1. The quantitative estimate of drug-likeness (QED) is 0.541. The summed E-state index contributed by atoms with van der Waals surface area (Å²) in [7, 11) is 0. The molecule has 1 fully saturated rings. The molecule has 1 aliphatic heterocycles. The number of pyridine rings is 1. The molecule has 2 aromatic carbocycles. The molecule has 0 saturated heterocycles. The number of fused-ring (bicyclic) bond motifs is 1. The van der Waals surface area contributed by atoms with Gasteiger partial charge >= 0.3 is 0 Å². The van der Waals surface area contributed by atoms with E-state index in [9.17, 15) is 4.79 Å². The van der Waals surface area contributed by atoms with Crippen LogP contribution in [0.2, 0.25) is 0 Å². The number of nitrogens with one attached hydrogen (secondary N) is 1. The second-order valence-electron chi connectivity index (χ2n) is 9.94. The third kappa shape index (κ3) is 4.65. The van der Waals surface area contributed by atoms with Gasteiger partial charge < -0.3 is 5.32 Å². The molecule has 2 heterocycles. The second-order valence-corrected chi connectivity index (χ2v) is 9.94. The van der Waals surface area contributed by atoms with Crippen LogP contribution in [0.25, 0.3) is 11.1 Å². The largest absolute Gasteiger partial charge is 0.345 e. The van der Waals surface area contributed by atoms with Crippen molar-refractivity contribution in [3.8, 4) is 11.1 Å². The van der Waals surface area contributed by atoms with E-state index in [2.05, 4.69) is 46.4 Å². The SMILES string of the molecule is CC(N1CCc2ccccc2CC1)C1(NC(=O)c2ccccc2-c2cccnc2)CCCCC1. The highest BCUT2D eigenvalue weighted by Gasteiger charge is 2.42. The van der Waals surface area contributed by atoms with Crippen molar-refractivity contribution in [1.82, 2.24) is 15.2 Å². The average Bonchev–Trinajstić information content (AvgIpc) is 3.12. The molecule has 3 aromatic rings. The molecule has 1 aromatic heterocycles. The molecule has 4 heteroatoms. The summed E-state index contributed by atoms with van der Waals surface area (Å²) in [5.41, 5.74) is 5.40. The van der Waals surface area contributed by atoms with Gasteiger partial charge in [0.1, 0.15) is 0 Å². The first kappa shape index (κ1) is 22.8. The molecule has 1 aliphatic carbocycles. The van der Waals surface area contributed by atoms with Crippen molar-refractivity contribution in [2.75, 3.05) is 13.1 Å². The number of amides is 1. The monoisotopic (exact) mass is 453 g/mol. The van der Waals surface area contributed by atoms with Crippen LogP contribution < -0.4 is 5.32 Å². The summed E-state index contributed by atoms with van der Waals surface area (Å²) >= 11 is 0. The van der Waals surface area contributed by atoms with Crippen molar-refractivity contribution in [2.24, 2.45) is 0 Å². The summed E-state index contributed by atoms with van der Waals surface area (Å²) in [4.78, 5) is 20.7. The number of benzene rings is 2. The number of rotatable bonds is 5. The summed E-state index contributed by atoms with van der Waals surface area (Å²) in [6, 6.07) is 21.0. The molecule has 34 heavy (non-hydrogen) atoms. The van der Waals surface area contributed by atoms with Crippen LogP contribution in [-0.2, 0) is 12.8 Å². The first-order valence-corrected chi connectivity index (χ1v) is 12.8. The maximum Gasteiger partial charge on any atom is 0.252 e. The molecule has 1 unspecified atom stereocenters. The van der Waals surface area contributed by atoms with Gasteiger partial charge in [0.15, 0.2) is 0 Å².